The Balaban J connectivity index is 1.41. The molecule has 0 radical (unpaired) electrons. The molecule has 8 nitrogen and oxygen atoms in total. The number of hydrogen-bond donors (Lipinski definition) is 3. The molecule has 1 aliphatic heterocycles. The molecule has 2 unspecified atom stereocenters. The Morgan fingerprint density at radius 1 is 1.07 bits per heavy atom. The first kappa shape index (κ1) is 19.7. The van der Waals surface area contributed by atoms with Gasteiger partial charge in [-0.2, -0.15) is 5.10 Å². The number of nitrogens with zero attached hydrogens (tertiary/aromatic N) is 2. The van der Waals surface area contributed by atoms with E-state index in [-0.39, 0.29) is 17.6 Å². The van der Waals surface area contributed by atoms with Crippen molar-refractivity contribution in [1.82, 2.24) is 16.3 Å². The van der Waals surface area contributed by atoms with Crippen molar-refractivity contribution >= 4 is 28.1 Å². The Morgan fingerprint density at radius 2 is 1.80 bits per heavy atom. The molecule has 1 amide bonds. The number of rotatable bonds is 5. The van der Waals surface area contributed by atoms with Gasteiger partial charge >= 0.3 is 0 Å². The van der Waals surface area contributed by atoms with Crippen LogP contribution in [0.2, 0.25) is 0 Å². The fourth-order valence-electron chi connectivity index (χ4n) is 3.59. The summed E-state index contributed by atoms with van der Waals surface area (Å²) in [4.78, 5) is 22.9. The highest BCUT2D eigenvalue weighted by Gasteiger charge is 2.30. The number of hydrogen-bond acceptors (Lipinski definition) is 6. The molecule has 3 aromatic carbocycles. The first-order valence-corrected chi connectivity index (χ1v) is 9.60. The number of amides is 1. The van der Waals surface area contributed by atoms with Gasteiger partial charge in [0, 0.05) is 18.2 Å². The molecule has 30 heavy (non-hydrogen) atoms. The van der Waals surface area contributed by atoms with Crippen LogP contribution < -0.4 is 16.3 Å². The highest BCUT2D eigenvalue weighted by molar-refractivity contribution is 5.99. The van der Waals surface area contributed by atoms with Crippen molar-refractivity contribution < 1.29 is 9.72 Å². The Bertz CT molecular complexity index is 1120. The van der Waals surface area contributed by atoms with Crippen molar-refractivity contribution in [1.29, 1.82) is 0 Å². The molecule has 8 heteroatoms. The average molecular weight is 403 g/mol. The predicted molar refractivity (Wildman–Crippen MR) is 115 cm³/mol. The largest absolute Gasteiger partial charge is 0.271 e. The summed E-state index contributed by atoms with van der Waals surface area (Å²) in [6, 6.07) is 19.9. The van der Waals surface area contributed by atoms with Crippen LogP contribution in [0.25, 0.3) is 10.8 Å². The molecule has 4 rings (SSSR count). The van der Waals surface area contributed by atoms with Crippen molar-refractivity contribution in [2.75, 3.05) is 0 Å². The van der Waals surface area contributed by atoms with Crippen LogP contribution >= 0.6 is 0 Å². The maximum absolute atomic E-state index is 12.6. The van der Waals surface area contributed by atoms with E-state index in [1.165, 1.54) is 12.1 Å². The van der Waals surface area contributed by atoms with Crippen molar-refractivity contribution in [2.24, 2.45) is 5.10 Å². The standard InChI is InChI=1S/C22H21N5O3/c1-14(15-9-11-17(12-10-15)27(29)30)23-26-22(28)21-13-20(24-25-21)19-8-4-6-16-5-2-3-7-18(16)19/h2-12,20-21,24-25H,13H2,1H3,(H,26,28)/b23-14-. The van der Waals surface area contributed by atoms with E-state index in [0.29, 0.717) is 17.7 Å². The van der Waals surface area contributed by atoms with Crippen LogP contribution in [0.5, 0.6) is 0 Å². The minimum Gasteiger partial charge on any atom is -0.271 e. The number of nitro groups is 1. The molecule has 0 aliphatic carbocycles. The number of fused-ring (bicyclic) bond motifs is 1. The molecule has 0 saturated carbocycles. The second kappa shape index (κ2) is 8.40. The fourth-order valence-corrected chi connectivity index (χ4v) is 3.59. The third-order valence-corrected chi connectivity index (χ3v) is 5.25. The number of nitrogens with one attached hydrogen (secondary N) is 3. The molecule has 1 fully saturated rings. The number of hydrazone groups is 1. The zero-order chi connectivity index (χ0) is 21.1. The second-order valence-electron chi connectivity index (χ2n) is 7.18. The quantitative estimate of drug-likeness (QED) is 0.344. The number of carbonyl (C=O) groups is 1. The number of benzene rings is 3. The molecule has 1 aliphatic rings. The first-order chi connectivity index (χ1) is 14.5. The van der Waals surface area contributed by atoms with Gasteiger partial charge in [-0.25, -0.2) is 16.3 Å². The summed E-state index contributed by atoms with van der Waals surface area (Å²) in [5, 5.41) is 17.2. The highest BCUT2D eigenvalue weighted by atomic mass is 16.6. The summed E-state index contributed by atoms with van der Waals surface area (Å²) >= 11 is 0. The van der Waals surface area contributed by atoms with Crippen LogP contribution in [0, 0.1) is 10.1 Å². The van der Waals surface area contributed by atoms with Gasteiger partial charge in [0.2, 0.25) is 0 Å². The lowest BCUT2D eigenvalue weighted by Gasteiger charge is -2.13. The van der Waals surface area contributed by atoms with E-state index in [0.717, 1.165) is 16.3 Å². The molecular weight excluding hydrogens is 382 g/mol. The van der Waals surface area contributed by atoms with E-state index in [1.54, 1.807) is 19.1 Å². The molecule has 1 saturated heterocycles. The lowest BCUT2D eigenvalue weighted by Crippen LogP contribution is -2.41. The fraction of sp³-hybridized carbons (Fsp3) is 0.182. The molecule has 0 bridgehead atoms. The van der Waals surface area contributed by atoms with Gasteiger partial charge < -0.3 is 0 Å². The van der Waals surface area contributed by atoms with Crippen LogP contribution in [0.3, 0.4) is 0 Å². The third-order valence-electron chi connectivity index (χ3n) is 5.25. The Labute approximate surface area is 173 Å². The maximum Gasteiger partial charge on any atom is 0.269 e. The van der Waals surface area contributed by atoms with Gasteiger partial charge in [0.15, 0.2) is 0 Å². The molecule has 1 heterocycles. The van der Waals surface area contributed by atoms with Gasteiger partial charge in [0.1, 0.15) is 6.04 Å². The first-order valence-electron chi connectivity index (χ1n) is 9.60. The van der Waals surface area contributed by atoms with Crippen molar-refractivity contribution in [2.45, 2.75) is 25.4 Å². The lowest BCUT2D eigenvalue weighted by atomic mass is 9.96. The molecule has 3 N–H and O–H groups in total. The summed E-state index contributed by atoms with van der Waals surface area (Å²) in [7, 11) is 0. The summed E-state index contributed by atoms with van der Waals surface area (Å²) in [6.07, 6.45) is 0.589. The number of carbonyl (C=O) groups excluding carboxylic acids is 1. The van der Waals surface area contributed by atoms with Gasteiger partial charge in [0.25, 0.3) is 11.6 Å². The van der Waals surface area contributed by atoms with Crippen molar-refractivity contribution in [3.05, 3.63) is 88.0 Å². The van der Waals surface area contributed by atoms with Crippen LogP contribution in [0.15, 0.2) is 71.8 Å². The number of nitro benzene ring substituents is 1. The summed E-state index contributed by atoms with van der Waals surface area (Å²) in [5.74, 6) is -0.244. The van der Waals surface area contributed by atoms with E-state index in [9.17, 15) is 14.9 Å². The Kier molecular flexibility index (Phi) is 5.51. The van der Waals surface area contributed by atoms with E-state index in [4.69, 9.17) is 0 Å². The van der Waals surface area contributed by atoms with Crippen molar-refractivity contribution in [3.63, 3.8) is 0 Å². The summed E-state index contributed by atoms with van der Waals surface area (Å²) in [5.41, 5.74) is 11.3. The number of non-ortho nitro benzene ring substituents is 1. The molecule has 152 valence electrons. The molecule has 3 aromatic rings. The topological polar surface area (TPSA) is 109 Å². The van der Waals surface area contributed by atoms with Gasteiger partial charge in [0.05, 0.1) is 10.6 Å². The van der Waals surface area contributed by atoms with E-state index in [2.05, 4.69) is 45.6 Å². The highest BCUT2D eigenvalue weighted by Crippen LogP contribution is 2.29. The molecular formula is C22H21N5O3. The van der Waals surface area contributed by atoms with Crippen LogP contribution in [-0.2, 0) is 4.79 Å². The van der Waals surface area contributed by atoms with Gasteiger partial charge in [-0.15, -0.1) is 0 Å². The Hall–Kier alpha value is -3.62. The summed E-state index contributed by atoms with van der Waals surface area (Å²) < 4.78 is 0. The van der Waals surface area contributed by atoms with Crippen molar-refractivity contribution in [3.8, 4) is 0 Å². The normalized spacial score (nSPS) is 19.0. The van der Waals surface area contributed by atoms with E-state index < -0.39 is 11.0 Å². The number of hydrazine groups is 1. The molecule has 0 spiro atoms. The van der Waals surface area contributed by atoms with Crippen LogP contribution in [0.4, 0.5) is 5.69 Å². The van der Waals surface area contributed by atoms with E-state index in [1.807, 2.05) is 18.2 Å². The van der Waals surface area contributed by atoms with Gasteiger partial charge in [-0.3, -0.25) is 14.9 Å². The minimum absolute atomic E-state index is 0.00611. The second-order valence-corrected chi connectivity index (χ2v) is 7.18. The average Bonchev–Trinajstić information content (AvgIpc) is 3.27. The van der Waals surface area contributed by atoms with E-state index >= 15 is 0 Å². The Morgan fingerprint density at radius 3 is 2.57 bits per heavy atom. The third kappa shape index (κ3) is 4.05. The zero-order valence-corrected chi connectivity index (χ0v) is 16.3. The smallest absolute Gasteiger partial charge is 0.269 e. The zero-order valence-electron chi connectivity index (χ0n) is 16.3. The summed E-state index contributed by atoms with van der Waals surface area (Å²) in [6.45, 7) is 1.74. The maximum atomic E-state index is 12.6. The lowest BCUT2D eigenvalue weighted by molar-refractivity contribution is -0.384. The molecule has 2 atom stereocenters. The molecule has 0 aromatic heterocycles. The predicted octanol–water partition coefficient (Wildman–Crippen LogP) is 3.20. The minimum atomic E-state index is -0.455. The van der Waals surface area contributed by atoms with Crippen LogP contribution in [-0.4, -0.2) is 22.6 Å². The SMILES string of the molecule is C/C(=N/NC(=O)C1CC(c2cccc3ccccc23)NN1)c1ccc([N+](=O)[O-])cc1. The monoisotopic (exact) mass is 403 g/mol. The van der Waals surface area contributed by atoms with Crippen LogP contribution in [0.1, 0.15) is 30.5 Å². The van der Waals surface area contributed by atoms with Gasteiger partial charge in [-0.05, 0) is 47.4 Å². The van der Waals surface area contributed by atoms with Gasteiger partial charge in [-0.1, -0.05) is 42.5 Å².